The lowest BCUT2D eigenvalue weighted by Gasteiger charge is -2.22. The number of likely N-dealkylation sites (N-methyl/N-ethyl adjacent to an activating group) is 1. The molecule has 0 fully saturated rings. The Balaban J connectivity index is 4.24. The molecular formula is C12H24N4O4. The molecule has 0 bridgehead atoms. The van der Waals surface area contributed by atoms with Gasteiger partial charge in [-0.15, -0.1) is 0 Å². The zero-order valence-electron chi connectivity index (χ0n) is 12.1. The van der Waals surface area contributed by atoms with Gasteiger partial charge in [0, 0.05) is 13.1 Å². The van der Waals surface area contributed by atoms with Crippen LogP contribution in [0.1, 0.15) is 20.3 Å². The number of amides is 3. The minimum Gasteiger partial charge on any atom is -0.480 e. The van der Waals surface area contributed by atoms with Crippen molar-refractivity contribution >= 4 is 17.9 Å². The zero-order valence-corrected chi connectivity index (χ0v) is 12.1. The van der Waals surface area contributed by atoms with E-state index in [0.29, 0.717) is 13.1 Å². The first-order valence-corrected chi connectivity index (χ1v) is 6.65. The van der Waals surface area contributed by atoms with Crippen molar-refractivity contribution in [2.24, 2.45) is 5.73 Å². The van der Waals surface area contributed by atoms with E-state index in [4.69, 9.17) is 10.8 Å². The third kappa shape index (κ3) is 8.30. The first kappa shape index (κ1) is 18.2. The van der Waals surface area contributed by atoms with Crippen LogP contribution in [0, 0.1) is 0 Å². The van der Waals surface area contributed by atoms with Crippen molar-refractivity contribution in [2.75, 3.05) is 39.3 Å². The van der Waals surface area contributed by atoms with Gasteiger partial charge in [0.2, 0.25) is 5.91 Å². The zero-order chi connectivity index (χ0) is 15.5. The highest BCUT2D eigenvalue weighted by molar-refractivity contribution is 5.85. The molecule has 0 radical (unpaired) electrons. The van der Waals surface area contributed by atoms with Crippen LogP contribution in [0.5, 0.6) is 0 Å². The fourth-order valence-corrected chi connectivity index (χ4v) is 1.73. The minimum absolute atomic E-state index is 0.390. The van der Waals surface area contributed by atoms with Gasteiger partial charge in [-0.05, 0) is 19.5 Å². The smallest absolute Gasteiger partial charge is 0.323 e. The molecule has 3 amide bonds. The Morgan fingerprint density at radius 2 is 1.80 bits per heavy atom. The second-order valence-corrected chi connectivity index (χ2v) is 4.38. The Bertz CT molecular complexity index is 319. The number of carbonyl (C=O) groups excluding carboxylic acids is 2. The standard InChI is InChI=1S/C12H24N4O4/c1-3-6-15(4-2)7-5-14-12(20)16(8-10(13)17)9-11(18)19/h3-9H2,1-2H3,(H2,13,17)(H,14,20)(H,18,19). The van der Waals surface area contributed by atoms with Crippen LogP contribution < -0.4 is 11.1 Å². The molecule has 0 aromatic heterocycles. The van der Waals surface area contributed by atoms with Crippen LogP contribution in [-0.4, -0.2) is 72.1 Å². The second-order valence-electron chi connectivity index (χ2n) is 4.38. The minimum atomic E-state index is -1.19. The third-order valence-corrected chi connectivity index (χ3v) is 2.65. The predicted molar refractivity (Wildman–Crippen MR) is 74.2 cm³/mol. The lowest BCUT2D eigenvalue weighted by atomic mass is 10.4. The van der Waals surface area contributed by atoms with Crippen LogP contribution in [-0.2, 0) is 9.59 Å². The van der Waals surface area contributed by atoms with Gasteiger partial charge in [-0.1, -0.05) is 13.8 Å². The van der Waals surface area contributed by atoms with Crippen molar-refractivity contribution in [3.8, 4) is 0 Å². The summed E-state index contributed by atoms with van der Waals surface area (Å²) in [5.74, 6) is -1.94. The van der Waals surface area contributed by atoms with Gasteiger partial charge in [0.15, 0.2) is 0 Å². The number of nitrogens with one attached hydrogen (secondary N) is 1. The number of nitrogens with two attached hydrogens (primary N) is 1. The Morgan fingerprint density at radius 1 is 1.15 bits per heavy atom. The number of carboxylic acid groups (broad SMARTS) is 1. The summed E-state index contributed by atoms with van der Waals surface area (Å²) >= 11 is 0. The molecule has 116 valence electrons. The summed E-state index contributed by atoms with van der Waals surface area (Å²) in [4.78, 5) is 36.2. The summed E-state index contributed by atoms with van der Waals surface area (Å²) in [6, 6.07) is -0.598. The van der Waals surface area contributed by atoms with E-state index in [2.05, 4.69) is 17.1 Å². The molecule has 0 saturated carbocycles. The monoisotopic (exact) mass is 288 g/mol. The van der Waals surface area contributed by atoms with Gasteiger partial charge in [0.25, 0.3) is 0 Å². The summed E-state index contributed by atoms with van der Waals surface area (Å²) in [5.41, 5.74) is 4.98. The van der Waals surface area contributed by atoms with Gasteiger partial charge >= 0.3 is 12.0 Å². The van der Waals surface area contributed by atoms with Crippen LogP contribution in [0.25, 0.3) is 0 Å². The molecule has 0 aliphatic carbocycles. The predicted octanol–water partition coefficient (Wildman–Crippen LogP) is -0.700. The van der Waals surface area contributed by atoms with Crippen LogP contribution in [0.2, 0.25) is 0 Å². The number of carbonyl (C=O) groups is 3. The van der Waals surface area contributed by atoms with E-state index in [0.717, 1.165) is 24.4 Å². The topological polar surface area (TPSA) is 116 Å². The van der Waals surface area contributed by atoms with Crippen molar-refractivity contribution in [1.82, 2.24) is 15.1 Å². The van der Waals surface area contributed by atoms with Crippen molar-refractivity contribution < 1.29 is 19.5 Å². The fraction of sp³-hybridized carbons (Fsp3) is 0.750. The first-order chi connectivity index (χ1) is 9.40. The molecule has 0 rings (SSSR count). The number of primary amides is 1. The van der Waals surface area contributed by atoms with E-state index in [9.17, 15) is 14.4 Å². The fourth-order valence-electron chi connectivity index (χ4n) is 1.73. The lowest BCUT2D eigenvalue weighted by molar-refractivity contribution is -0.137. The third-order valence-electron chi connectivity index (χ3n) is 2.65. The molecule has 4 N–H and O–H groups in total. The van der Waals surface area contributed by atoms with Gasteiger partial charge in [0.1, 0.15) is 13.1 Å². The van der Waals surface area contributed by atoms with Gasteiger partial charge in [-0.25, -0.2) is 4.79 Å². The summed E-state index contributed by atoms with van der Waals surface area (Å²) in [6.07, 6.45) is 1.02. The van der Waals surface area contributed by atoms with Crippen LogP contribution in [0.15, 0.2) is 0 Å². The molecule has 0 aliphatic rings. The molecule has 8 heteroatoms. The lowest BCUT2D eigenvalue weighted by Crippen LogP contribution is -2.48. The van der Waals surface area contributed by atoms with Crippen molar-refractivity contribution in [2.45, 2.75) is 20.3 Å². The van der Waals surface area contributed by atoms with Gasteiger partial charge in [0.05, 0.1) is 0 Å². The Labute approximate surface area is 118 Å². The molecule has 20 heavy (non-hydrogen) atoms. The summed E-state index contributed by atoms with van der Waals surface area (Å²) in [5, 5.41) is 11.3. The van der Waals surface area contributed by atoms with Gasteiger partial charge in [-0.3, -0.25) is 9.59 Å². The van der Waals surface area contributed by atoms with E-state index in [1.54, 1.807) is 0 Å². The number of urea groups is 1. The number of carboxylic acids is 1. The molecule has 0 aliphatic heterocycles. The van der Waals surface area contributed by atoms with Crippen molar-refractivity contribution in [3.05, 3.63) is 0 Å². The Morgan fingerprint density at radius 3 is 2.25 bits per heavy atom. The molecule has 0 heterocycles. The summed E-state index contributed by atoms with van der Waals surface area (Å²) in [7, 11) is 0. The largest absolute Gasteiger partial charge is 0.480 e. The molecule has 0 aromatic rings. The Hall–Kier alpha value is -1.83. The average Bonchev–Trinajstić information content (AvgIpc) is 2.35. The highest BCUT2D eigenvalue weighted by atomic mass is 16.4. The summed E-state index contributed by atoms with van der Waals surface area (Å²) in [6.45, 7) is 6.02. The quantitative estimate of drug-likeness (QED) is 0.491. The normalized spacial score (nSPS) is 10.3. The van der Waals surface area contributed by atoms with E-state index >= 15 is 0 Å². The molecule has 8 nitrogen and oxygen atoms in total. The molecule has 0 aromatic carbocycles. The van der Waals surface area contributed by atoms with E-state index in [1.165, 1.54) is 0 Å². The molecular weight excluding hydrogens is 264 g/mol. The Kier molecular flexibility index (Phi) is 9.10. The maximum atomic E-state index is 11.8. The maximum absolute atomic E-state index is 11.8. The molecule has 0 unspecified atom stereocenters. The van der Waals surface area contributed by atoms with Gasteiger partial charge < -0.3 is 26.0 Å². The van der Waals surface area contributed by atoms with Crippen molar-refractivity contribution in [1.29, 1.82) is 0 Å². The van der Waals surface area contributed by atoms with E-state index < -0.39 is 31.0 Å². The number of hydrogen-bond acceptors (Lipinski definition) is 4. The number of hydrogen-bond donors (Lipinski definition) is 3. The van der Waals surface area contributed by atoms with Crippen molar-refractivity contribution in [3.63, 3.8) is 0 Å². The van der Waals surface area contributed by atoms with Crippen LogP contribution in [0.3, 0.4) is 0 Å². The highest BCUT2D eigenvalue weighted by Gasteiger charge is 2.18. The molecule has 0 spiro atoms. The van der Waals surface area contributed by atoms with E-state index in [-0.39, 0.29) is 0 Å². The molecule has 0 saturated heterocycles. The number of aliphatic carboxylic acids is 1. The van der Waals surface area contributed by atoms with E-state index in [1.807, 2.05) is 6.92 Å². The SMILES string of the molecule is CCCN(CC)CCNC(=O)N(CC(N)=O)CC(=O)O. The highest BCUT2D eigenvalue weighted by Crippen LogP contribution is 1.92. The average molecular weight is 288 g/mol. The van der Waals surface area contributed by atoms with Gasteiger partial charge in [-0.2, -0.15) is 0 Å². The summed E-state index contributed by atoms with van der Waals surface area (Å²) < 4.78 is 0. The molecule has 0 atom stereocenters. The van der Waals surface area contributed by atoms with Crippen LogP contribution >= 0.6 is 0 Å². The number of nitrogens with zero attached hydrogens (tertiary/aromatic N) is 2. The van der Waals surface area contributed by atoms with Crippen LogP contribution in [0.4, 0.5) is 4.79 Å². The number of rotatable bonds is 10. The first-order valence-electron chi connectivity index (χ1n) is 6.65. The second kappa shape index (κ2) is 10.0. The maximum Gasteiger partial charge on any atom is 0.323 e.